The number of amides is 2. The minimum atomic E-state index is -0.130. The highest BCUT2D eigenvalue weighted by Crippen LogP contribution is 2.38. The van der Waals surface area contributed by atoms with Gasteiger partial charge in [0.05, 0.1) is 6.04 Å². The molecule has 0 radical (unpaired) electrons. The first kappa shape index (κ1) is 24.5. The molecule has 2 amide bonds. The normalized spacial score (nSPS) is 17.4. The monoisotopic (exact) mass is 503 g/mol. The molecule has 1 fully saturated rings. The van der Waals surface area contributed by atoms with E-state index in [1.807, 2.05) is 39.4 Å². The fourth-order valence-electron chi connectivity index (χ4n) is 5.12. The van der Waals surface area contributed by atoms with Crippen molar-refractivity contribution < 1.29 is 14.3 Å². The maximum atomic E-state index is 13.2. The van der Waals surface area contributed by atoms with E-state index >= 15 is 0 Å². The molecular weight excluding hydrogens is 470 g/mol. The summed E-state index contributed by atoms with van der Waals surface area (Å²) in [6, 6.07) is 16.3. The van der Waals surface area contributed by atoms with Crippen molar-refractivity contribution in [3.8, 4) is 5.75 Å². The molecule has 36 heavy (non-hydrogen) atoms. The zero-order valence-electron chi connectivity index (χ0n) is 21.0. The van der Waals surface area contributed by atoms with E-state index in [4.69, 9.17) is 4.74 Å². The summed E-state index contributed by atoms with van der Waals surface area (Å²) >= 11 is 1.46. The first-order valence-electron chi connectivity index (χ1n) is 12.8. The second kappa shape index (κ2) is 10.8. The first-order chi connectivity index (χ1) is 17.5. The molecule has 1 atom stereocenters. The summed E-state index contributed by atoms with van der Waals surface area (Å²) < 4.78 is 6.14. The Morgan fingerprint density at radius 2 is 1.86 bits per heavy atom. The summed E-state index contributed by atoms with van der Waals surface area (Å²) in [4.78, 5) is 34.3. The smallest absolute Gasteiger partial charge is 0.273 e. The molecular formula is C29H33N3O3S. The van der Waals surface area contributed by atoms with Gasteiger partial charge in [-0.2, -0.15) is 0 Å². The van der Waals surface area contributed by atoms with Crippen molar-refractivity contribution in [2.45, 2.75) is 52.2 Å². The third-order valence-corrected chi connectivity index (χ3v) is 7.71. The molecule has 7 heteroatoms. The molecule has 2 aliphatic heterocycles. The lowest BCUT2D eigenvalue weighted by molar-refractivity contribution is -0.134. The molecule has 0 saturated carbocycles. The summed E-state index contributed by atoms with van der Waals surface area (Å²) in [6.07, 6.45) is 3.50. The predicted octanol–water partition coefficient (Wildman–Crippen LogP) is 5.48. The van der Waals surface area contributed by atoms with Gasteiger partial charge in [-0.3, -0.25) is 9.59 Å². The van der Waals surface area contributed by atoms with Crippen LogP contribution in [-0.2, 0) is 17.8 Å². The van der Waals surface area contributed by atoms with Crippen LogP contribution in [0.3, 0.4) is 0 Å². The van der Waals surface area contributed by atoms with Crippen LogP contribution in [-0.4, -0.2) is 46.2 Å². The molecule has 1 aromatic heterocycles. The van der Waals surface area contributed by atoms with E-state index in [9.17, 15) is 9.59 Å². The molecule has 0 bridgehead atoms. The Morgan fingerprint density at radius 3 is 2.61 bits per heavy atom. The molecule has 188 valence electrons. The molecule has 6 nitrogen and oxygen atoms in total. The molecule has 0 spiro atoms. The second-order valence-electron chi connectivity index (χ2n) is 10.0. The summed E-state index contributed by atoms with van der Waals surface area (Å²) in [5.74, 6) is 1.26. The van der Waals surface area contributed by atoms with E-state index in [2.05, 4.69) is 43.1 Å². The average Bonchev–Trinajstić information content (AvgIpc) is 3.59. The van der Waals surface area contributed by atoms with Crippen molar-refractivity contribution in [2.75, 3.05) is 19.6 Å². The van der Waals surface area contributed by atoms with Crippen LogP contribution >= 0.6 is 11.3 Å². The van der Waals surface area contributed by atoms with E-state index in [0.717, 1.165) is 54.2 Å². The molecule has 3 aromatic rings. The second-order valence-corrected chi connectivity index (χ2v) is 11.0. The fraction of sp³-hybridized carbons (Fsp3) is 0.414. The number of hydrogen-bond donors (Lipinski definition) is 0. The zero-order valence-corrected chi connectivity index (χ0v) is 21.8. The number of benzene rings is 2. The van der Waals surface area contributed by atoms with Gasteiger partial charge in [0, 0.05) is 31.4 Å². The lowest BCUT2D eigenvalue weighted by Crippen LogP contribution is -2.41. The number of thiazole rings is 1. The third kappa shape index (κ3) is 5.31. The summed E-state index contributed by atoms with van der Waals surface area (Å²) in [7, 11) is 0. The SMILES string of the molecule is CC(C)CC(=O)N1CCc2ccc(OCc3nc(C(=O)N4CCCC4)cs3)cc2[C@H]1c1ccccc1. The van der Waals surface area contributed by atoms with Gasteiger partial charge in [0.1, 0.15) is 23.1 Å². The average molecular weight is 504 g/mol. The van der Waals surface area contributed by atoms with Gasteiger partial charge in [-0.15, -0.1) is 11.3 Å². The van der Waals surface area contributed by atoms with Crippen molar-refractivity contribution in [1.82, 2.24) is 14.8 Å². The van der Waals surface area contributed by atoms with E-state index in [0.29, 0.717) is 31.2 Å². The Kier molecular flexibility index (Phi) is 7.37. The molecule has 2 aliphatic rings. The van der Waals surface area contributed by atoms with Gasteiger partial charge in [0.2, 0.25) is 5.91 Å². The van der Waals surface area contributed by atoms with Crippen LogP contribution in [0.25, 0.3) is 0 Å². The minimum Gasteiger partial charge on any atom is -0.486 e. The number of fused-ring (bicyclic) bond motifs is 1. The van der Waals surface area contributed by atoms with Crippen molar-refractivity contribution in [2.24, 2.45) is 5.92 Å². The summed E-state index contributed by atoms with van der Waals surface area (Å²) in [5, 5.41) is 2.61. The summed E-state index contributed by atoms with van der Waals surface area (Å²) in [5.41, 5.74) is 3.98. The Labute approximate surface area is 216 Å². The Hall–Kier alpha value is -3.19. The van der Waals surface area contributed by atoms with E-state index in [-0.39, 0.29) is 17.9 Å². The molecule has 3 heterocycles. The van der Waals surface area contributed by atoms with Crippen molar-refractivity contribution in [1.29, 1.82) is 0 Å². The van der Waals surface area contributed by atoms with Gasteiger partial charge in [0.15, 0.2) is 0 Å². The molecule has 1 saturated heterocycles. The molecule has 0 aliphatic carbocycles. The van der Waals surface area contributed by atoms with Crippen LogP contribution in [0.5, 0.6) is 5.75 Å². The van der Waals surface area contributed by atoms with Gasteiger partial charge >= 0.3 is 0 Å². The molecule has 0 N–H and O–H groups in total. The maximum absolute atomic E-state index is 13.2. The minimum absolute atomic E-state index is 0.0145. The van der Waals surface area contributed by atoms with Gasteiger partial charge in [-0.05, 0) is 54.0 Å². The molecule has 5 rings (SSSR count). The van der Waals surface area contributed by atoms with Crippen LogP contribution in [0.2, 0.25) is 0 Å². The molecule has 0 unspecified atom stereocenters. The van der Waals surface area contributed by atoms with E-state index in [1.54, 1.807) is 0 Å². The largest absolute Gasteiger partial charge is 0.486 e. The predicted molar refractivity (Wildman–Crippen MR) is 141 cm³/mol. The molecule has 2 aromatic carbocycles. The van der Waals surface area contributed by atoms with Crippen molar-refractivity contribution in [3.05, 3.63) is 81.3 Å². The third-order valence-electron chi connectivity index (χ3n) is 6.89. The number of aromatic nitrogens is 1. The number of carbonyl (C=O) groups is 2. The van der Waals surface area contributed by atoms with Gasteiger partial charge in [0.25, 0.3) is 5.91 Å². The standard InChI is InChI=1S/C29H33N3O3S/c1-20(2)16-27(33)32-15-12-21-10-11-23(17-24(21)28(32)22-8-4-3-5-9-22)35-18-26-30-25(19-36-26)29(34)31-13-6-7-14-31/h3-5,8-11,17,19-20,28H,6-7,12-16,18H2,1-2H3/t28-/m1/s1. The number of ether oxygens (including phenoxy) is 1. The van der Waals surface area contributed by atoms with E-state index in [1.165, 1.54) is 16.9 Å². The topological polar surface area (TPSA) is 62.7 Å². The van der Waals surface area contributed by atoms with Crippen LogP contribution in [0.15, 0.2) is 53.9 Å². The number of hydrogen-bond acceptors (Lipinski definition) is 5. The number of nitrogens with zero attached hydrogens (tertiary/aromatic N) is 3. The van der Waals surface area contributed by atoms with Crippen LogP contribution in [0.4, 0.5) is 0 Å². The van der Waals surface area contributed by atoms with Crippen molar-refractivity contribution >= 4 is 23.2 Å². The van der Waals surface area contributed by atoms with Crippen LogP contribution < -0.4 is 4.74 Å². The van der Waals surface area contributed by atoms with Gasteiger partial charge in [-0.25, -0.2) is 4.98 Å². The zero-order chi connectivity index (χ0) is 25.1. The highest BCUT2D eigenvalue weighted by molar-refractivity contribution is 7.09. The lowest BCUT2D eigenvalue weighted by Gasteiger charge is -2.38. The maximum Gasteiger partial charge on any atom is 0.273 e. The Morgan fingerprint density at radius 1 is 1.08 bits per heavy atom. The van der Waals surface area contributed by atoms with Gasteiger partial charge < -0.3 is 14.5 Å². The van der Waals surface area contributed by atoms with Gasteiger partial charge in [-0.1, -0.05) is 50.2 Å². The highest BCUT2D eigenvalue weighted by atomic mass is 32.1. The first-order valence-corrected chi connectivity index (χ1v) is 13.7. The van der Waals surface area contributed by atoms with Crippen LogP contribution in [0, 0.1) is 5.92 Å². The van der Waals surface area contributed by atoms with E-state index < -0.39 is 0 Å². The lowest BCUT2D eigenvalue weighted by atomic mass is 9.87. The van der Waals surface area contributed by atoms with Crippen molar-refractivity contribution in [3.63, 3.8) is 0 Å². The Bertz CT molecular complexity index is 1220. The summed E-state index contributed by atoms with van der Waals surface area (Å²) in [6.45, 7) is 6.82. The number of carbonyl (C=O) groups excluding carboxylic acids is 2. The Balaban J connectivity index is 1.35. The fourth-order valence-corrected chi connectivity index (χ4v) is 5.79. The highest BCUT2D eigenvalue weighted by Gasteiger charge is 2.32. The number of rotatable bonds is 7. The quantitative estimate of drug-likeness (QED) is 0.428. The van der Waals surface area contributed by atoms with Crippen LogP contribution in [0.1, 0.15) is 71.3 Å². The number of likely N-dealkylation sites (tertiary alicyclic amines) is 1.